The van der Waals surface area contributed by atoms with Gasteiger partial charge < -0.3 is 14.3 Å². The summed E-state index contributed by atoms with van der Waals surface area (Å²) in [6.45, 7) is 3.76. The zero-order valence-corrected chi connectivity index (χ0v) is 19.3. The number of hydrogen-bond donors (Lipinski definition) is 0. The minimum absolute atomic E-state index is 0.0116. The van der Waals surface area contributed by atoms with E-state index in [2.05, 4.69) is 20.0 Å². The number of anilines is 2. The molecule has 1 atom stereocenters. The minimum Gasteiger partial charge on any atom is -0.355 e. The van der Waals surface area contributed by atoms with Crippen molar-refractivity contribution in [2.75, 3.05) is 29.4 Å². The fourth-order valence-electron chi connectivity index (χ4n) is 4.62. The lowest BCUT2D eigenvalue weighted by atomic mass is 9.95. The Morgan fingerprint density at radius 1 is 1.09 bits per heavy atom. The quantitative estimate of drug-likeness (QED) is 0.379. The van der Waals surface area contributed by atoms with Crippen molar-refractivity contribution in [3.05, 3.63) is 66.5 Å². The second-order valence-electron chi connectivity index (χ2n) is 8.67. The molecule has 4 aromatic rings. The molecule has 1 aliphatic rings. The monoisotopic (exact) mass is 477 g/mol. The molecule has 1 aliphatic heterocycles. The summed E-state index contributed by atoms with van der Waals surface area (Å²) in [6, 6.07) is 12.0. The van der Waals surface area contributed by atoms with Crippen LogP contribution in [0.4, 0.5) is 20.3 Å². The van der Waals surface area contributed by atoms with E-state index in [0.717, 1.165) is 19.3 Å². The summed E-state index contributed by atoms with van der Waals surface area (Å²) in [4.78, 5) is 26.1. The van der Waals surface area contributed by atoms with Gasteiger partial charge in [-0.25, -0.2) is 13.8 Å². The number of benzene rings is 2. The van der Waals surface area contributed by atoms with E-state index in [1.165, 1.54) is 30.6 Å². The Morgan fingerprint density at radius 2 is 1.80 bits per heavy atom. The third kappa shape index (κ3) is 4.58. The summed E-state index contributed by atoms with van der Waals surface area (Å²) in [7, 11) is 0. The van der Waals surface area contributed by atoms with E-state index in [0.29, 0.717) is 53.5 Å². The van der Waals surface area contributed by atoms with E-state index in [4.69, 9.17) is 4.52 Å². The maximum atomic E-state index is 13.6. The highest BCUT2D eigenvalue weighted by Crippen LogP contribution is 2.35. The Morgan fingerprint density at radius 3 is 2.51 bits per heavy atom. The zero-order chi connectivity index (χ0) is 24.4. The van der Waals surface area contributed by atoms with Gasteiger partial charge in [-0.3, -0.25) is 4.79 Å². The SMILES string of the molecule is CCCN(C(=O)C1CCCN(c2ncnc3onc(-c4ccc(F)cc4)c23)C1)c1ccc(F)cc1. The molecule has 0 bridgehead atoms. The number of aromatic nitrogens is 3. The molecule has 2 aromatic heterocycles. The summed E-state index contributed by atoms with van der Waals surface area (Å²) >= 11 is 0. The van der Waals surface area contributed by atoms with E-state index >= 15 is 0 Å². The average molecular weight is 478 g/mol. The molecule has 0 N–H and O–H groups in total. The number of amides is 1. The van der Waals surface area contributed by atoms with Crippen LogP contribution in [0.2, 0.25) is 0 Å². The molecule has 0 saturated carbocycles. The molecule has 9 heteroatoms. The number of hydrogen-bond acceptors (Lipinski definition) is 6. The molecule has 3 heterocycles. The van der Waals surface area contributed by atoms with Crippen molar-refractivity contribution in [1.82, 2.24) is 15.1 Å². The molecule has 2 aromatic carbocycles. The van der Waals surface area contributed by atoms with Crippen LogP contribution >= 0.6 is 0 Å². The lowest BCUT2D eigenvalue weighted by molar-refractivity contribution is -0.122. The molecule has 7 nitrogen and oxygen atoms in total. The molecule has 0 aliphatic carbocycles. The van der Waals surface area contributed by atoms with Crippen molar-refractivity contribution in [3.63, 3.8) is 0 Å². The maximum Gasteiger partial charge on any atom is 0.263 e. The van der Waals surface area contributed by atoms with Crippen LogP contribution in [0.1, 0.15) is 26.2 Å². The van der Waals surface area contributed by atoms with E-state index < -0.39 is 0 Å². The number of piperidine rings is 1. The van der Waals surface area contributed by atoms with Gasteiger partial charge in [0.1, 0.15) is 34.9 Å². The van der Waals surface area contributed by atoms with E-state index in [9.17, 15) is 13.6 Å². The average Bonchev–Trinajstić information content (AvgIpc) is 3.32. The van der Waals surface area contributed by atoms with Crippen LogP contribution in [0.15, 0.2) is 59.4 Å². The molecule has 1 fully saturated rings. The third-order valence-corrected chi connectivity index (χ3v) is 6.29. The lowest BCUT2D eigenvalue weighted by Gasteiger charge is -2.35. The molecule has 5 rings (SSSR count). The molecule has 0 radical (unpaired) electrons. The van der Waals surface area contributed by atoms with Crippen LogP contribution in [0.3, 0.4) is 0 Å². The summed E-state index contributed by atoms with van der Waals surface area (Å²) in [5, 5.41) is 4.81. The van der Waals surface area contributed by atoms with Gasteiger partial charge in [-0.15, -0.1) is 0 Å². The maximum absolute atomic E-state index is 13.6. The molecule has 180 valence electrons. The summed E-state index contributed by atoms with van der Waals surface area (Å²) < 4.78 is 32.4. The first kappa shape index (κ1) is 22.9. The van der Waals surface area contributed by atoms with E-state index in [1.807, 2.05) is 6.92 Å². The number of rotatable bonds is 6. The molecular weight excluding hydrogens is 452 g/mol. The highest BCUT2D eigenvalue weighted by molar-refractivity contribution is 5.99. The molecular formula is C26H25F2N5O2. The Hall–Kier alpha value is -3.88. The van der Waals surface area contributed by atoms with E-state index in [-0.39, 0.29) is 23.5 Å². The number of fused-ring (bicyclic) bond motifs is 1. The standard InChI is InChI=1S/C26H25F2N5O2/c1-2-13-33(21-11-9-20(28)10-12-21)26(34)18-4-3-14-32(15-18)24-22-23(17-5-7-19(27)8-6-17)31-35-25(22)30-16-29-24/h5-12,16,18H,2-4,13-15H2,1H3. The Labute approximate surface area is 201 Å². The van der Waals surface area contributed by atoms with Crippen molar-refractivity contribution < 1.29 is 18.1 Å². The normalized spacial score (nSPS) is 16.0. The van der Waals surface area contributed by atoms with Gasteiger partial charge in [0.2, 0.25) is 5.91 Å². The fraction of sp³-hybridized carbons (Fsp3) is 0.308. The van der Waals surface area contributed by atoms with Crippen LogP contribution in [0.5, 0.6) is 0 Å². The van der Waals surface area contributed by atoms with Crippen LogP contribution in [-0.2, 0) is 4.79 Å². The smallest absolute Gasteiger partial charge is 0.263 e. The number of nitrogens with zero attached hydrogens (tertiary/aromatic N) is 5. The number of carbonyl (C=O) groups is 1. The molecule has 1 saturated heterocycles. The Bertz CT molecular complexity index is 1320. The Kier molecular flexibility index (Phi) is 6.39. The molecule has 0 spiro atoms. The molecule has 1 unspecified atom stereocenters. The summed E-state index contributed by atoms with van der Waals surface area (Å²) in [6.07, 6.45) is 3.76. The predicted octanol–water partition coefficient (Wildman–Crippen LogP) is 5.22. The van der Waals surface area contributed by atoms with Gasteiger partial charge in [0.15, 0.2) is 0 Å². The first-order chi connectivity index (χ1) is 17.0. The van der Waals surface area contributed by atoms with Crippen LogP contribution in [0, 0.1) is 17.6 Å². The number of halogens is 2. The third-order valence-electron chi connectivity index (χ3n) is 6.29. The molecule has 35 heavy (non-hydrogen) atoms. The zero-order valence-electron chi connectivity index (χ0n) is 19.3. The highest BCUT2D eigenvalue weighted by atomic mass is 19.1. The fourth-order valence-corrected chi connectivity index (χ4v) is 4.62. The van der Waals surface area contributed by atoms with Crippen LogP contribution in [-0.4, -0.2) is 40.7 Å². The molecule has 1 amide bonds. The summed E-state index contributed by atoms with van der Waals surface area (Å²) in [5.74, 6) is -0.276. The van der Waals surface area contributed by atoms with Gasteiger partial charge >= 0.3 is 0 Å². The second-order valence-corrected chi connectivity index (χ2v) is 8.67. The van der Waals surface area contributed by atoms with Gasteiger partial charge in [0, 0.05) is 30.9 Å². The first-order valence-corrected chi connectivity index (χ1v) is 11.7. The van der Waals surface area contributed by atoms with Gasteiger partial charge in [-0.05, 0) is 67.8 Å². The van der Waals surface area contributed by atoms with Crippen LogP contribution in [0.25, 0.3) is 22.4 Å². The highest BCUT2D eigenvalue weighted by Gasteiger charge is 2.32. The first-order valence-electron chi connectivity index (χ1n) is 11.7. The van der Waals surface area contributed by atoms with Crippen molar-refractivity contribution in [2.45, 2.75) is 26.2 Å². The van der Waals surface area contributed by atoms with Gasteiger partial charge in [-0.1, -0.05) is 12.1 Å². The summed E-state index contributed by atoms with van der Waals surface area (Å²) in [5.41, 5.74) is 2.25. The van der Waals surface area contributed by atoms with Crippen LogP contribution < -0.4 is 9.80 Å². The second kappa shape index (κ2) is 9.77. The predicted molar refractivity (Wildman–Crippen MR) is 129 cm³/mol. The van der Waals surface area contributed by atoms with Crippen molar-refractivity contribution in [2.24, 2.45) is 5.92 Å². The topological polar surface area (TPSA) is 75.4 Å². The van der Waals surface area contributed by atoms with E-state index in [1.54, 1.807) is 29.2 Å². The van der Waals surface area contributed by atoms with Crippen molar-refractivity contribution in [3.8, 4) is 11.3 Å². The van der Waals surface area contributed by atoms with Crippen molar-refractivity contribution >= 4 is 28.5 Å². The number of carbonyl (C=O) groups excluding carboxylic acids is 1. The van der Waals surface area contributed by atoms with Gasteiger partial charge in [0.25, 0.3) is 5.71 Å². The minimum atomic E-state index is -0.340. The van der Waals surface area contributed by atoms with Crippen molar-refractivity contribution in [1.29, 1.82) is 0 Å². The Balaban J connectivity index is 1.45. The van der Waals surface area contributed by atoms with Gasteiger partial charge in [-0.2, -0.15) is 4.98 Å². The lowest BCUT2D eigenvalue weighted by Crippen LogP contribution is -2.45. The largest absolute Gasteiger partial charge is 0.355 e. The van der Waals surface area contributed by atoms with Gasteiger partial charge in [0.05, 0.1) is 5.92 Å².